The van der Waals surface area contributed by atoms with Crippen molar-refractivity contribution in [3.05, 3.63) is 65.7 Å². The van der Waals surface area contributed by atoms with Gasteiger partial charge >= 0.3 is 0 Å². The lowest BCUT2D eigenvalue weighted by molar-refractivity contribution is 0.830. The maximum absolute atomic E-state index is 4.68. The lowest BCUT2D eigenvalue weighted by atomic mass is 9.90. The molecule has 0 fully saturated rings. The Morgan fingerprint density at radius 1 is 1.05 bits per heavy atom. The molecule has 0 saturated heterocycles. The number of nitrogens with zero attached hydrogens (tertiary/aromatic N) is 1. The van der Waals surface area contributed by atoms with Crippen LogP contribution in [0.15, 0.2) is 59.6 Å². The first-order valence-corrected chi connectivity index (χ1v) is 7.60. The molecular weight excluding hydrogens is 379 g/mol. The van der Waals surface area contributed by atoms with Gasteiger partial charge < -0.3 is 5.32 Å². The highest BCUT2D eigenvalue weighted by Crippen LogP contribution is 2.33. The van der Waals surface area contributed by atoms with Gasteiger partial charge in [-0.15, -0.1) is 24.0 Å². The molecule has 0 spiro atoms. The van der Waals surface area contributed by atoms with E-state index in [9.17, 15) is 0 Å². The number of anilines is 1. The van der Waals surface area contributed by atoms with Crippen LogP contribution >= 0.6 is 35.7 Å². The van der Waals surface area contributed by atoms with Gasteiger partial charge in [0.1, 0.15) is 0 Å². The fourth-order valence-corrected chi connectivity index (χ4v) is 2.84. The molecule has 1 unspecified atom stereocenters. The van der Waals surface area contributed by atoms with Gasteiger partial charge in [-0.2, -0.15) is 0 Å². The number of rotatable bonds is 1. The van der Waals surface area contributed by atoms with Gasteiger partial charge in [-0.3, -0.25) is 4.99 Å². The van der Waals surface area contributed by atoms with Crippen molar-refractivity contribution in [3.8, 4) is 0 Å². The van der Waals surface area contributed by atoms with Crippen LogP contribution in [0.3, 0.4) is 0 Å². The summed E-state index contributed by atoms with van der Waals surface area (Å²) in [5.74, 6) is 0.328. The first kappa shape index (κ1) is 15.4. The third-order valence-corrected chi connectivity index (χ3v) is 4.01. The average Bonchev–Trinajstić information content (AvgIpc) is 2.67. The molecule has 0 amide bonds. The smallest absolute Gasteiger partial charge is 0.160 e. The molecule has 104 valence electrons. The molecule has 1 heterocycles. The number of para-hydroxylation sites is 1. The first-order valence-electron chi connectivity index (χ1n) is 6.38. The van der Waals surface area contributed by atoms with Crippen LogP contribution < -0.4 is 5.32 Å². The average molecular weight is 396 g/mol. The van der Waals surface area contributed by atoms with E-state index in [0.717, 1.165) is 11.7 Å². The quantitative estimate of drug-likeness (QED) is 0.714. The highest BCUT2D eigenvalue weighted by Gasteiger charge is 2.20. The second kappa shape index (κ2) is 7.13. The Morgan fingerprint density at radius 2 is 1.75 bits per heavy atom. The third kappa shape index (κ3) is 3.17. The van der Waals surface area contributed by atoms with Gasteiger partial charge in [-0.25, -0.2) is 0 Å². The molecule has 0 saturated carbocycles. The zero-order valence-corrected chi connectivity index (χ0v) is 14.4. The number of nitrogens with one attached hydrogen (secondary N) is 1. The lowest BCUT2D eigenvalue weighted by Crippen LogP contribution is -2.06. The van der Waals surface area contributed by atoms with Crippen LogP contribution in [0.5, 0.6) is 0 Å². The monoisotopic (exact) mass is 396 g/mol. The second-order valence-corrected chi connectivity index (χ2v) is 5.32. The normalized spacial score (nSPS) is 17.1. The molecule has 20 heavy (non-hydrogen) atoms. The van der Waals surface area contributed by atoms with E-state index in [2.05, 4.69) is 71.2 Å². The Hall–Kier alpha value is -1.01. The van der Waals surface area contributed by atoms with Crippen LogP contribution in [-0.4, -0.2) is 18.0 Å². The van der Waals surface area contributed by atoms with Crippen molar-refractivity contribution >= 4 is 46.6 Å². The Balaban J connectivity index is 0.00000147. The van der Waals surface area contributed by atoms with E-state index in [1.54, 1.807) is 11.8 Å². The summed E-state index contributed by atoms with van der Waals surface area (Å²) >= 11 is 1.66. The van der Waals surface area contributed by atoms with Gasteiger partial charge in [0.2, 0.25) is 0 Å². The molecule has 1 atom stereocenters. The van der Waals surface area contributed by atoms with E-state index < -0.39 is 0 Å². The molecule has 0 radical (unpaired) electrons. The topological polar surface area (TPSA) is 24.4 Å². The number of thioether (sulfide) groups is 1. The largest absolute Gasteiger partial charge is 0.335 e. The van der Waals surface area contributed by atoms with E-state index in [1.807, 2.05) is 0 Å². The molecule has 0 aromatic heterocycles. The first-order chi connectivity index (χ1) is 9.38. The number of halogens is 1. The van der Waals surface area contributed by atoms with Crippen LogP contribution in [0.4, 0.5) is 5.69 Å². The van der Waals surface area contributed by atoms with E-state index in [0.29, 0.717) is 5.92 Å². The standard InChI is InChI=1S/C16H16N2S.HI/c1-19-16-17-11-14(12-7-3-2-4-8-12)13-9-5-6-10-15(13)18-16;/h2-10,14H,11H2,1H3,(H,17,18);1H. The molecule has 2 aromatic carbocycles. The zero-order chi connectivity index (χ0) is 13.1. The fraction of sp³-hybridized carbons (Fsp3) is 0.188. The number of amidine groups is 1. The fourth-order valence-electron chi connectivity index (χ4n) is 2.43. The van der Waals surface area contributed by atoms with Gasteiger partial charge in [0.25, 0.3) is 0 Å². The van der Waals surface area contributed by atoms with Gasteiger partial charge in [-0.05, 0) is 23.4 Å². The summed E-state index contributed by atoms with van der Waals surface area (Å²) in [6, 6.07) is 19.1. The summed E-state index contributed by atoms with van der Waals surface area (Å²) in [5.41, 5.74) is 3.81. The maximum atomic E-state index is 4.68. The molecular formula is C16H17IN2S. The Morgan fingerprint density at radius 3 is 2.50 bits per heavy atom. The van der Waals surface area contributed by atoms with Crippen LogP contribution in [-0.2, 0) is 0 Å². The van der Waals surface area contributed by atoms with Crippen molar-refractivity contribution in [2.24, 2.45) is 4.99 Å². The molecule has 1 N–H and O–H groups in total. The zero-order valence-electron chi connectivity index (χ0n) is 11.2. The molecule has 1 aliphatic rings. The van der Waals surface area contributed by atoms with E-state index in [-0.39, 0.29) is 24.0 Å². The van der Waals surface area contributed by atoms with Gasteiger partial charge in [-0.1, -0.05) is 60.3 Å². The molecule has 2 nitrogen and oxygen atoms in total. The lowest BCUT2D eigenvalue weighted by Gasteiger charge is -2.16. The summed E-state index contributed by atoms with van der Waals surface area (Å²) in [7, 11) is 0. The molecule has 4 heteroatoms. The van der Waals surface area contributed by atoms with Crippen LogP contribution in [0, 0.1) is 0 Å². The van der Waals surface area contributed by atoms with Crippen molar-refractivity contribution < 1.29 is 0 Å². The Kier molecular flexibility index (Phi) is 5.48. The Labute approximate surface area is 141 Å². The Bertz CT molecular complexity index is 598. The van der Waals surface area contributed by atoms with Crippen LogP contribution in [0.1, 0.15) is 17.0 Å². The minimum absolute atomic E-state index is 0. The van der Waals surface area contributed by atoms with Crippen molar-refractivity contribution in [2.75, 3.05) is 18.1 Å². The minimum Gasteiger partial charge on any atom is -0.335 e. The number of fused-ring (bicyclic) bond motifs is 1. The maximum Gasteiger partial charge on any atom is 0.160 e. The molecule has 0 bridgehead atoms. The number of hydrogen-bond donors (Lipinski definition) is 1. The number of benzene rings is 2. The van der Waals surface area contributed by atoms with E-state index in [1.165, 1.54) is 16.8 Å². The highest BCUT2D eigenvalue weighted by atomic mass is 127. The molecule has 2 aromatic rings. The summed E-state index contributed by atoms with van der Waals surface area (Å²) in [6.07, 6.45) is 2.05. The van der Waals surface area contributed by atoms with Gasteiger partial charge in [0, 0.05) is 11.6 Å². The molecule has 3 rings (SSSR count). The van der Waals surface area contributed by atoms with Crippen LogP contribution in [0.2, 0.25) is 0 Å². The van der Waals surface area contributed by atoms with Crippen molar-refractivity contribution in [1.29, 1.82) is 0 Å². The number of hydrogen-bond acceptors (Lipinski definition) is 3. The van der Waals surface area contributed by atoms with Crippen molar-refractivity contribution in [1.82, 2.24) is 0 Å². The highest BCUT2D eigenvalue weighted by molar-refractivity contribution is 14.0. The molecule has 0 aliphatic carbocycles. The summed E-state index contributed by atoms with van der Waals surface area (Å²) in [5, 5.41) is 4.41. The minimum atomic E-state index is 0. The van der Waals surface area contributed by atoms with E-state index in [4.69, 9.17) is 0 Å². The third-order valence-electron chi connectivity index (χ3n) is 3.39. The van der Waals surface area contributed by atoms with E-state index >= 15 is 0 Å². The molecule has 1 aliphatic heterocycles. The second-order valence-electron chi connectivity index (χ2n) is 4.53. The van der Waals surface area contributed by atoms with Crippen molar-refractivity contribution in [2.45, 2.75) is 5.92 Å². The SMILES string of the molecule is CSC1=NCC(c2ccccc2)c2ccccc2N1.I. The van der Waals surface area contributed by atoms with Gasteiger partial charge in [0.15, 0.2) is 5.17 Å². The predicted octanol–water partition coefficient (Wildman–Crippen LogP) is 4.58. The predicted molar refractivity (Wildman–Crippen MR) is 99.6 cm³/mol. The summed E-state index contributed by atoms with van der Waals surface area (Å²) in [4.78, 5) is 4.68. The number of aliphatic imine (C=N–C) groups is 1. The van der Waals surface area contributed by atoms with Gasteiger partial charge in [0.05, 0.1) is 6.54 Å². The van der Waals surface area contributed by atoms with Crippen LogP contribution in [0.25, 0.3) is 0 Å². The van der Waals surface area contributed by atoms with Crippen molar-refractivity contribution in [3.63, 3.8) is 0 Å². The summed E-state index contributed by atoms with van der Waals surface area (Å²) < 4.78 is 0. The summed E-state index contributed by atoms with van der Waals surface area (Å²) in [6.45, 7) is 0.796.